The molecular weight excluding hydrogens is 276 g/mol. The second-order valence-corrected chi connectivity index (χ2v) is 5.36. The van der Waals surface area contributed by atoms with Gasteiger partial charge in [0.05, 0.1) is 7.11 Å². The Bertz CT molecular complexity index is 915. The number of carbonyl (C=O) groups is 1. The lowest BCUT2D eigenvalue weighted by atomic mass is 10.1. The highest BCUT2D eigenvalue weighted by molar-refractivity contribution is 6.15. The number of carbonyl (C=O) groups excluding carboxylic acids is 1. The second-order valence-electron chi connectivity index (χ2n) is 5.36. The molecule has 0 amide bonds. The number of para-hydroxylation sites is 1. The molecule has 0 saturated carbocycles. The maximum absolute atomic E-state index is 12.4. The summed E-state index contributed by atoms with van der Waals surface area (Å²) >= 11 is 0. The minimum Gasteiger partial charge on any atom is -0.493 e. The summed E-state index contributed by atoms with van der Waals surface area (Å²) in [5.74, 6) is 1.46. The van der Waals surface area contributed by atoms with Crippen LogP contribution in [-0.4, -0.2) is 12.9 Å². The third-order valence-corrected chi connectivity index (χ3v) is 4.00. The molecule has 0 unspecified atom stereocenters. The Kier molecular flexibility index (Phi) is 2.86. The molecule has 1 aliphatic carbocycles. The van der Waals surface area contributed by atoms with Gasteiger partial charge in [-0.3, -0.25) is 4.79 Å². The van der Waals surface area contributed by atoms with E-state index in [0.717, 1.165) is 22.1 Å². The average molecular weight is 290 g/mol. The first-order chi connectivity index (χ1) is 10.8. The van der Waals surface area contributed by atoms with Gasteiger partial charge in [-0.1, -0.05) is 36.4 Å². The summed E-state index contributed by atoms with van der Waals surface area (Å²) in [6, 6.07) is 15.4. The molecule has 0 aliphatic heterocycles. The first-order valence-corrected chi connectivity index (χ1v) is 7.16. The van der Waals surface area contributed by atoms with Gasteiger partial charge in [-0.2, -0.15) is 0 Å². The van der Waals surface area contributed by atoms with Gasteiger partial charge in [-0.15, -0.1) is 0 Å². The van der Waals surface area contributed by atoms with E-state index in [9.17, 15) is 4.79 Å². The molecule has 3 nitrogen and oxygen atoms in total. The number of rotatable bonds is 2. The molecule has 4 rings (SSSR count). The molecule has 1 aromatic heterocycles. The molecule has 0 spiro atoms. The monoisotopic (exact) mass is 290 g/mol. The predicted octanol–water partition coefficient (Wildman–Crippen LogP) is 4.26. The summed E-state index contributed by atoms with van der Waals surface area (Å²) in [6.07, 6.45) is 2.49. The van der Waals surface area contributed by atoms with Crippen LogP contribution in [0.5, 0.6) is 5.75 Å². The number of benzene rings is 2. The number of allylic oxidation sites excluding steroid dienone is 1. The van der Waals surface area contributed by atoms with E-state index in [1.807, 2.05) is 54.6 Å². The van der Waals surface area contributed by atoms with Gasteiger partial charge in [0, 0.05) is 22.9 Å². The summed E-state index contributed by atoms with van der Waals surface area (Å²) < 4.78 is 11.1. The molecule has 0 fully saturated rings. The van der Waals surface area contributed by atoms with Crippen molar-refractivity contribution in [3.63, 3.8) is 0 Å². The van der Waals surface area contributed by atoms with E-state index in [1.165, 1.54) is 0 Å². The molecule has 0 N–H and O–H groups in total. The molecule has 0 saturated heterocycles. The van der Waals surface area contributed by atoms with Crippen LogP contribution in [0.4, 0.5) is 0 Å². The average Bonchev–Trinajstić information content (AvgIpc) is 3.09. The van der Waals surface area contributed by atoms with Crippen molar-refractivity contribution >= 4 is 22.8 Å². The van der Waals surface area contributed by atoms with E-state index >= 15 is 0 Å². The number of ketones is 1. The number of hydrogen-bond donors (Lipinski definition) is 0. The van der Waals surface area contributed by atoms with Gasteiger partial charge in [0.15, 0.2) is 17.1 Å². The first-order valence-electron chi connectivity index (χ1n) is 7.16. The van der Waals surface area contributed by atoms with Crippen molar-refractivity contribution in [1.82, 2.24) is 0 Å². The standard InChI is InChI=1S/C19H14O3/c1-21-17-8-4-6-13-10-15(22-19(13)17)11-14-9-12-5-2-3-7-16(12)18(14)20/h2-8,10-11H,9H2,1H3/b14-11+. The van der Waals surface area contributed by atoms with Crippen LogP contribution in [0.2, 0.25) is 0 Å². The highest BCUT2D eigenvalue weighted by Crippen LogP contribution is 2.32. The summed E-state index contributed by atoms with van der Waals surface area (Å²) in [4.78, 5) is 12.4. The number of ether oxygens (including phenoxy) is 1. The lowest BCUT2D eigenvalue weighted by molar-refractivity contribution is 0.104. The fourth-order valence-electron chi connectivity index (χ4n) is 2.93. The van der Waals surface area contributed by atoms with Crippen LogP contribution < -0.4 is 4.74 Å². The third-order valence-electron chi connectivity index (χ3n) is 4.00. The van der Waals surface area contributed by atoms with E-state index in [1.54, 1.807) is 7.11 Å². The number of fused-ring (bicyclic) bond motifs is 2. The smallest absolute Gasteiger partial charge is 0.189 e. The Balaban J connectivity index is 1.77. The molecule has 108 valence electrons. The zero-order valence-corrected chi connectivity index (χ0v) is 12.1. The fraction of sp³-hybridized carbons (Fsp3) is 0.105. The Morgan fingerprint density at radius 3 is 2.82 bits per heavy atom. The van der Waals surface area contributed by atoms with Crippen molar-refractivity contribution in [3.8, 4) is 5.75 Å². The van der Waals surface area contributed by atoms with Crippen molar-refractivity contribution in [2.45, 2.75) is 6.42 Å². The van der Waals surface area contributed by atoms with Crippen LogP contribution in [0.1, 0.15) is 21.7 Å². The maximum Gasteiger partial charge on any atom is 0.189 e. The Labute approximate surface area is 127 Å². The molecule has 3 aromatic rings. The molecule has 1 aliphatic rings. The summed E-state index contributed by atoms with van der Waals surface area (Å²) in [5.41, 5.74) is 3.34. The highest BCUT2D eigenvalue weighted by Gasteiger charge is 2.24. The summed E-state index contributed by atoms with van der Waals surface area (Å²) in [7, 11) is 1.62. The van der Waals surface area contributed by atoms with Gasteiger partial charge < -0.3 is 9.15 Å². The summed E-state index contributed by atoms with van der Waals surface area (Å²) in [5, 5.41) is 0.967. The molecule has 22 heavy (non-hydrogen) atoms. The van der Waals surface area contributed by atoms with E-state index in [0.29, 0.717) is 23.5 Å². The van der Waals surface area contributed by atoms with Crippen LogP contribution in [0.15, 0.2) is 58.5 Å². The SMILES string of the molecule is COc1cccc2cc(/C=C3\Cc4ccccc4C3=O)oc12. The van der Waals surface area contributed by atoms with Gasteiger partial charge in [-0.25, -0.2) is 0 Å². The number of furan rings is 1. The third kappa shape index (κ3) is 1.94. The van der Waals surface area contributed by atoms with Gasteiger partial charge in [-0.05, 0) is 23.8 Å². The van der Waals surface area contributed by atoms with Crippen LogP contribution in [0, 0.1) is 0 Å². The summed E-state index contributed by atoms with van der Waals surface area (Å²) in [6.45, 7) is 0. The molecule has 0 atom stereocenters. The number of hydrogen-bond acceptors (Lipinski definition) is 3. The molecule has 3 heteroatoms. The first kappa shape index (κ1) is 12.9. The van der Waals surface area contributed by atoms with Crippen LogP contribution in [0.3, 0.4) is 0 Å². The van der Waals surface area contributed by atoms with E-state index < -0.39 is 0 Å². The molecule has 0 radical (unpaired) electrons. The Morgan fingerprint density at radius 1 is 1.14 bits per heavy atom. The van der Waals surface area contributed by atoms with Gasteiger partial charge >= 0.3 is 0 Å². The van der Waals surface area contributed by atoms with Gasteiger partial charge in [0.25, 0.3) is 0 Å². The van der Waals surface area contributed by atoms with Gasteiger partial charge in [0.1, 0.15) is 5.76 Å². The Hall–Kier alpha value is -2.81. The molecular formula is C19H14O3. The van der Waals surface area contributed by atoms with E-state index in [2.05, 4.69) is 0 Å². The van der Waals surface area contributed by atoms with Crippen molar-refractivity contribution < 1.29 is 13.9 Å². The fourth-order valence-corrected chi connectivity index (χ4v) is 2.93. The van der Waals surface area contributed by atoms with Crippen molar-refractivity contribution in [2.75, 3.05) is 7.11 Å². The minimum atomic E-state index is 0.0861. The predicted molar refractivity (Wildman–Crippen MR) is 85.2 cm³/mol. The molecule has 2 aromatic carbocycles. The highest BCUT2D eigenvalue weighted by atomic mass is 16.5. The van der Waals surface area contributed by atoms with Crippen molar-refractivity contribution in [3.05, 3.63) is 71.0 Å². The van der Waals surface area contributed by atoms with E-state index in [-0.39, 0.29) is 5.78 Å². The van der Waals surface area contributed by atoms with Crippen LogP contribution in [0.25, 0.3) is 17.0 Å². The van der Waals surface area contributed by atoms with E-state index in [4.69, 9.17) is 9.15 Å². The zero-order valence-electron chi connectivity index (χ0n) is 12.1. The number of Topliss-reactive ketones (excluding diaryl/α,β-unsaturated/α-hetero) is 1. The largest absolute Gasteiger partial charge is 0.493 e. The normalized spacial score (nSPS) is 15.5. The maximum atomic E-state index is 12.4. The second kappa shape index (κ2) is 4.88. The number of methoxy groups -OCH3 is 1. The van der Waals surface area contributed by atoms with Gasteiger partial charge in [0.2, 0.25) is 0 Å². The van der Waals surface area contributed by atoms with Crippen molar-refractivity contribution in [2.24, 2.45) is 0 Å². The van der Waals surface area contributed by atoms with Crippen LogP contribution >= 0.6 is 0 Å². The lowest BCUT2D eigenvalue weighted by Crippen LogP contribution is -1.94. The van der Waals surface area contributed by atoms with Crippen LogP contribution in [-0.2, 0) is 6.42 Å². The zero-order chi connectivity index (χ0) is 15.1. The quantitative estimate of drug-likeness (QED) is 0.662. The minimum absolute atomic E-state index is 0.0861. The van der Waals surface area contributed by atoms with Crippen molar-refractivity contribution in [1.29, 1.82) is 0 Å². The Morgan fingerprint density at radius 2 is 2.00 bits per heavy atom. The topological polar surface area (TPSA) is 39.4 Å². The molecule has 1 heterocycles. The molecule has 0 bridgehead atoms. The lowest BCUT2D eigenvalue weighted by Gasteiger charge is -1.98.